The van der Waals surface area contributed by atoms with E-state index in [2.05, 4.69) is 28.1 Å². The molecule has 0 amide bonds. The number of halogens is 1. The second-order valence-corrected chi connectivity index (χ2v) is 6.74. The fourth-order valence-corrected chi connectivity index (χ4v) is 3.96. The van der Waals surface area contributed by atoms with Crippen molar-refractivity contribution in [2.45, 2.75) is 51.0 Å². The first-order valence-electron chi connectivity index (χ1n) is 7.36. The lowest BCUT2D eigenvalue weighted by atomic mass is 9.83. The molecule has 1 atom stereocenters. The third-order valence-electron chi connectivity index (χ3n) is 4.45. The Morgan fingerprint density at radius 3 is 2.84 bits per heavy atom. The largest absolute Gasteiger partial charge is 0.493 e. The molecular weight excluding hydrogens is 304 g/mol. The van der Waals surface area contributed by atoms with Gasteiger partial charge in [-0.05, 0) is 42.0 Å². The van der Waals surface area contributed by atoms with Crippen LogP contribution in [0.2, 0.25) is 0 Å². The van der Waals surface area contributed by atoms with Gasteiger partial charge < -0.3 is 9.84 Å². The van der Waals surface area contributed by atoms with E-state index in [1.54, 1.807) is 0 Å². The van der Waals surface area contributed by atoms with E-state index >= 15 is 0 Å². The van der Waals surface area contributed by atoms with Gasteiger partial charge in [-0.3, -0.25) is 0 Å². The maximum Gasteiger partial charge on any atom is 0.125 e. The monoisotopic (exact) mass is 324 g/mol. The molecule has 1 aliphatic carbocycles. The molecular formula is C16H21BrO2. The molecule has 1 aromatic carbocycles. The van der Waals surface area contributed by atoms with Crippen molar-refractivity contribution in [3.05, 3.63) is 27.7 Å². The molecule has 1 N–H and O–H groups in total. The number of rotatable bonds is 3. The van der Waals surface area contributed by atoms with E-state index < -0.39 is 0 Å². The Morgan fingerprint density at radius 2 is 2.05 bits per heavy atom. The first-order chi connectivity index (χ1) is 9.24. The van der Waals surface area contributed by atoms with Crippen molar-refractivity contribution in [1.29, 1.82) is 0 Å². The predicted molar refractivity (Wildman–Crippen MR) is 79.6 cm³/mol. The lowest BCUT2D eigenvalue weighted by Gasteiger charge is -2.27. The zero-order chi connectivity index (χ0) is 13.2. The predicted octanol–water partition coefficient (Wildman–Crippen LogP) is 3.87. The van der Waals surface area contributed by atoms with Gasteiger partial charge in [-0.1, -0.05) is 35.2 Å². The van der Waals surface area contributed by atoms with Crippen LogP contribution in [0, 0.1) is 5.92 Å². The molecule has 0 saturated heterocycles. The summed E-state index contributed by atoms with van der Waals surface area (Å²) in [6.45, 7) is 0.776. The quantitative estimate of drug-likeness (QED) is 0.914. The van der Waals surface area contributed by atoms with Gasteiger partial charge in [0.15, 0.2) is 0 Å². The number of hydrogen-bond donors (Lipinski definition) is 1. The SMILES string of the molecule is OC(Cc1cc(Br)cc2c1OCC2)C1CCCCC1. The lowest BCUT2D eigenvalue weighted by Crippen LogP contribution is -2.25. The molecule has 0 bridgehead atoms. The highest BCUT2D eigenvalue weighted by Crippen LogP contribution is 2.35. The average Bonchev–Trinajstić information content (AvgIpc) is 2.88. The minimum absolute atomic E-state index is 0.220. The molecule has 0 radical (unpaired) electrons. The summed E-state index contributed by atoms with van der Waals surface area (Å²) in [5, 5.41) is 10.5. The topological polar surface area (TPSA) is 29.5 Å². The van der Waals surface area contributed by atoms with Gasteiger partial charge in [0.25, 0.3) is 0 Å². The van der Waals surface area contributed by atoms with Gasteiger partial charge in [-0.2, -0.15) is 0 Å². The maximum absolute atomic E-state index is 10.5. The van der Waals surface area contributed by atoms with Crippen LogP contribution in [0.15, 0.2) is 16.6 Å². The van der Waals surface area contributed by atoms with E-state index in [0.717, 1.165) is 29.7 Å². The second-order valence-electron chi connectivity index (χ2n) is 5.82. The summed E-state index contributed by atoms with van der Waals surface area (Å²) >= 11 is 3.56. The minimum atomic E-state index is -0.220. The highest BCUT2D eigenvalue weighted by atomic mass is 79.9. The van der Waals surface area contributed by atoms with E-state index in [1.165, 1.54) is 43.2 Å². The van der Waals surface area contributed by atoms with E-state index in [1.807, 2.05) is 0 Å². The van der Waals surface area contributed by atoms with Crippen molar-refractivity contribution in [3.63, 3.8) is 0 Å². The fourth-order valence-electron chi connectivity index (χ4n) is 3.41. The van der Waals surface area contributed by atoms with E-state index in [-0.39, 0.29) is 6.10 Å². The van der Waals surface area contributed by atoms with Crippen molar-refractivity contribution in [2.75, 3.05) is 6.61 Å². The number of hydrogen-bond acceptors (Lipinski definition) is 2. The zero-order valence-corrected chi connectivity index (χ0v) is 12.8. The molecule has 2 aliphatic rings. The highest BCUT2D eigenvalue weighted by Gasteiger charge is 2.25. The smallest absolute Gasteiger partial charge is 0.125 e. The van der Waals surface area contributed by atoms with Gasteiger partial charge >= 0.3 is 0 Å². The highest BCUT2D eigenvalue weighted by molar-refractivity contribution is 9.10. The first-order valence-corrected chi connectivity index (χ1v) is 8.15. The Balaban J connectivity index is 1.75. The van der Waals surface area contributed by atoms with Crippen molar-refractivity contribution in [3.8, 4) is 5.75 Å². The van der Waals surface area contributed by atoms with Crippen LogP contribution in [0.4, 0.5) is 0 Å². The fraction of sp³-hybridized carbons (Fsp3) is 0.625. The van der Waals surface area contributed by atoms with Crippen LogP contribution in [-0.4, -0.2) is 17.8 Å². The van der Waals surface area contributed by atoms with Crippen LogP contribution < -0.4 is 4.74 Å². The van der Waals surface area contributed by atoms with Crippen LogP contribution in [-0.2, 0) is 12.8 Å². The Morgan fingerprint density at radius 1 is 1.26 bits per heavy atom. The summed E-state index contributed by atoms with van der Waals surface area (Å²) in [6, 6.07) is 4.25. The van der Waals surface area contributed by atoms with Gasteiger partial charge in [0.05, 0.1) is 12.7 Å². The molecule has 1 aliphatic heterocycles. The van der Waals surface area contributed by atoms with Crippen molar-refractivity contribution >= 4 is 15.9 Å². The second kappa shape index (κ2) is 5.84. The van der Waals surface area contributed by atoms with Crippen molar-refractivity contribution < 1.29 is 9.84 Å². The van der Waals surface area contributed by atoms with Gasteiger partial charge in [-0.25, -0.2) is 0 Å². The van der Waals surface area contributed by atoms with Crippen LogP contribution in [0.25, 0.3) is 0 Å². The summed E-state index contributed by atoms with van der Waals surface area (Å²) in [7, 11) is 0. The maximum atomic E-state index is 10.5. The molecule has 1 unspecified atom stereocenters. The van der Waals surface area contributed by atoms with Gasteiger partial charge in [0.1, 0.15) is 5.75 Å². The summed E-state index contributed by atoms with van der Waals surface area (Å²) in [5.41, 5.74) is 2.44. The van der Waals surface area contributed by atoms with Crippen LogP contribution in [0.1, 0.15) is 43.2 Å². The molecule has 104 valence electrons. The molecule has 1 fully saturated rings. The number of aliphatic hydroxyl groups excluding tert-OH is 1. The molecule has 3 heteroatoms. The third-order valence-corrected chi connectivity index (χ3v) is 4.91. The molecule has 0 aromatic heterocycles. The van der Waals surface area contributed by atoms with E-state index in [9.17, 15) is 5.11 Å². The van der Waals surface area contributed by atoms with Gasteiger partial charge in [0.2, 0.25) is 0 Å². The number of fused-ring (bicyclic) bond motifs is 1. The Kier molecular flexibility index (Phi) is 4.13. The van der Waals surface area contributed by atoms with Crippen molar-refractivity contribution in [2.24, 2.45) is 5.92 Å². The number of benzene rings is 1. The Bertz CT molecular complexity index is 452. The van der Waals surface area contributed by atoms with Crippen LogP contribution in [0.5, 0.6) is 5.75 Å². The molecule has 19 heavy (non-hydrogen) atoms. The zero-order valence-electron chi connectivity index (χ0n) is 11.2. The third kappa shape index (κ3) is 2.97. The standard InChI is InChI=1S/C16H21BrO2/c17-14-8-12-6-7-19-16(12)13(9-14)10-15(18)11-4-2-1-3-5-11/h8-9,11,15,18H,1-7,10H2. The minimum Gasteiger partial charge on any atom is -0.493 e. The molecule has 0 spiro atoms. The van der Waals surface area contributed by atoms with Crippen LogP contribution >= 0.6 is 15.9 Å². The van der Waals surface area contributed by atoms with Crippen molar-refractivity contribution in [1.82, 2.24) is 0 Å². The molecule has 1 aromatic rings. The molecule has 3 rings (SSSR count). The molecule has 2 nitrogen and oxygen atoms in total. The summed E-state index contributed by atoms with van der Waals surface area (Å²) in [5.74, 6) is 1.50. The summed E-state index contributed by atoms with van der Waals surface area (Å²) in [4.78, 5) is 0. The number of ether oxygens (including phenoxy) is 1. The van der Waals surface area contributed by atoms with E-state index in [4.69, 9.17) is 4.74 Å². The Hall–Kier alpha value is -0.540. The average molecular weight is 325 g/mol. The Labute approximate surface area is 123 Å². The van der Waals surface area contributed by atoms with Gasteiger partial charge in [-0.15, -0.1) is 0 Å². The van der Waals surface area contributed by atoms with E-state index in [0.29, 0.717) is 5.92 Å². The molecule has 1 heterocycles. The molecule has 1 saturated carbocycles. The normalized spacial score (nSPS) is 20.9. The summed E-state index contributed by atoms with van der Waals surface area (Å²) in [6.07, 6.45) is 7.73. The van der Waals surface area contributed by atoms with Crippen LogP contribution in [0.3, 0.4) is 0 Å². The first kappa shape index (κ1) is 13.4. The van der Waals surface area contributed by atoms with Gasteiger partial charge in [0, 0.05) is 17.3 Å². The lowest BCUT2D eigenvalue weighted by molar-refractivity contribution is 0.0845. The number of aliphatic hydroxyl groups is 1. The summed E-state index contributed by atoms with van der Waals surface area (Å²) < 4.78 is 6.84.